The van der Waals surface area contributed by atoms with Gasteiger partial charge >= 0.3 is 0 Å². The summed E-state index contributed by atoms with van der Waals surface area (Å²) in [5, 5.41) is 22.8. The van der Waals surface area contributed by atoms with Crippen LogP contribution in [0.15, 0.2) is 0 Å². The fourth-order valence-electron chi connectivity index (χ4n) is 1.57. The van der Waals surface area contributed by atoms with Crippen molar-refractivity contribution in [2.24, 2.45) is 0 Å². The van der Waals surface area contributed by atoms with Gasteiger partial charge in [-0.15, -0.1) is 0 Å². The van der Waals surface area contributed by atoms with E-state index in [2.05, 4.69) is 5.32 Å². The average Bonchev–Trinajstić information content (AvgIpc) is 2.29. The summed E-state index contributed by atoms with van der Waals surface area (Å²) in [5.74, 6) is -3.44. The van der Waals surface area contributed by atoms with E-state index in [0.29, 0.717) is 26.4 Å². The number of nitrogens with one attached hydrogen (secondary N) is 1. The normalized spacial score (nSPS) is 12.9. The highest BCUT2D eigenvalue weighted by Gasteiger charge is 2.32. The van der Waals surface area contributed by atoms with Crippen molar-refractivity contribution in [1.29, 1.82) is 0 Å². The lowest BCUT2D eigenvalue weighted by Gasteiger charge is -2.31. The first-order valence-electron chi connectivity index (χ1n) is 6.66. The van der Waals surface area contributed by atoms with E-state index in [9.17, 15) is 10.2 Å². The maximum atomic E-state index is 10.00. The van der Waals surface area contributed by atoms with Crippen molar-refractivity contribution in [3.8, 4) is 0 Å². The number of aliphatic hydroxyl groups is 2. The molecule has 0 aromatic heterocycles. The molecule has 0 amide bonds. The Balaban J connectivity index is 4.27. The molecule has 0 aliphatic heterocycles. The van der Waals surface area contributed by atoms with Crippen LogP contribution in [-0.4, -0.2) is 61.7 Å². The molecule has 0 rings (SSSR count). The molecule has 0 heterocycles. The molecule has 19 heavy (non-hydrogen) atoms. The zero-order valence-corrected chi connectivity index (χ0v) is 12.3. The Bertz CT molecular complexity index is 192. The summed E-state index contributed by atoms with van der Waals surface area (Å²) < 4.78 is 20.4. The van der Waals surface area contributed by atoms with Gasteiger partial charge in [-0.25, -0.2) is 0 Å². The smallest absolute Gasteiger partial charge is 0.293 e. The van der Waals surface area contributed by atoms with Gasteiger partial charge in [-0.2, -0.15) is 0 Å². The third-order valence-electron chi connectivity index (χ3n) is 2.18. The molecule has 116 valence electrons. The number of hydrogen-bond donors (Lipinski definition) is 3. The van der Waals surface area contributed by atoms with Crippen molar-refractivity contribution >= 4 is 0 Å². The molecule has 7 heteroatoms. The zero-order valence-electron chi connectivity index (χ0n) is 12.3. The summed E-state index contributed by atoms with van der Waals surface area (Å²) >= 11 is 0. The van der Waals surface area contributed by atoms with Crippen LogP contribution < -0.4 is 5.32 Å². The Morgan fingerprint density at radius 3 is 1.16 bits per heavy atom. The summed E-state index contributed by atoms with van der Waals surface area (Å²) in [5.41, 5.74) is 0. The van der Waals surface area contributed by atoms with E-state index in [-0.39, 0.29) is 13.1 Å². The third-order valence-corrected chi connectivity index (χ3v) is 2.18. The van der Waals surface area contributed by atoms with Crippen LogP contribution in [0.3, 0.4) is 0 Å². The molecule has 0 saturated heterocycles. The Kier molecular flexibility index (Phi) is 9.46. The molecule has 0 unspecified atom stereocenters. The molecule has 0 aromatic rings. The number of ether oxygens (including phenoxy) is 4. The van der Waals surface area contributed by atoms with Crippen LogP contribution >= 0.6 is 0 Å². The number of hydrogen-bond acceptors (Lipinski definition) is 7. The van der Waals surface area contributed by atoms with E-state index < -0.39 is 11.9 Å². The van der Waals surface area contributed by atoms with Gasteiger partial charge in [0.15, 0.2) is 0 Å². The van der Waals surface area contributed by atoms with E-state index in [1.807, 2.05) is 0 Å². The van der Waals surface area contributed by atoms with E-state index >= 15 is 0 Å². The Hall–Kier alpha value is -0.280. The molecule has 0 saturated carbocycles. The van der Waals surface area contributed by atoms with Crippen LogP contribution in [0, 0.1) is 0 Å². The minimum Gasteiger partial charge on any atom is -0.342 e. The molecule has 0 radical (unpaired) electrons. The van der Waals surface area contributed by atoms with E-state index in [1.165, 1.54) is 0 Å². The minimum absolute atomic E-state index is 0.0167. The van der Waals surface area contributed by atoms with Gasteiger partial charge in [-0.1, -0.05) is 0 Å². The van der Waals surface area contributed by atoms with Crippen molar-refractivity contribution < 1.29 is 29.2 Å². The number of rotatable bonds is 12. The highest BCUT2D eigenvalue weighted by Crippen LogP contribution is 2.11. The minimum atomic E-state index is -1.72. The van der Waals surface area contributed by atoms with Crippen LogP contribution in [0.25, 0.3) is 0 Å². The third kappa shape index (κ3) is 7.78. The molecular formula is C12H27NO6. The molecule has 0 spiro atoms. The molecule has 7 nitrogen and oxygen atoms in total. The second-order valence-electron chi connectivity index (χ2n) is 3.76. The van der Waals surface area contributed by atoms with Crippen molar-refractivity contribution in [2.75, 3.05) is 39.5 Å². The highest BCUT2D eigenvalue weighted by molar-refractivity contribution is 4.64. The van der Waals surface area contributed by atoms with Gasteiger partial charge in [-0.05, 0) is 27.7 Å². The van der Waals surface area contributed by atoms with Gasteiger partial charge in [0.05, 0.1) is 13.1 Å². The Morgan fingerprint density at radius 1 is 0.684 bits per heavy atom. The van der Waals surface area contributed by atoms with Crippen molar-refractivity contribution in [3.05, 3.63) is 0 Å². The first kappa shape index (κ1) is 18.7. The molecule has 3 N–H and O–H groups in total. The van der Waals surface area contributed by atoms with Gasteiger partial charge in [0.1, 0.15) is 0 Å². The molecule has 0 bridgehead atoms. The first-order chi connectivity index (χ1) is 8.95. The largest absolute Gasteiger partial charge is 0.342 e. The maximum absolute atomic E-state index is 10.00. The van der Waals surface area contributed by atoms with Crippen molar-refractivity contribution in [2.45, 2.75) is 39.6 Å². The van der Waals surface area contributed by atoms with Gasteiger partial charge in [0.25, 0.3) is 11.9 Å². The second kappa shape index (κ2) is 9.60. The molecular weight excluding hydrogens is 254 g/mol. The average molecular weight is 281 g/mol. The Morgan fingerprint density at radius 2 is 0.947 bits per heavy atom. The van der Waals surface area contributed by atoms with Gasteiger partial charge < -0.3 is 34.5 Å². The van der Waals surface area contributed by atoms with Crippen LogP contribution in [0.2, 0.25) is 0 Å². The van der Waals surface area contributed by atoms with Crippen LogP contribution in [0.4, 0.5) is 0 Å². The monoisotopic (exact) mass is 281 g/mol. The van der Waals surface area contributed by atoms with E-state index in [0.717, 1.165) is 0 Å². The van der Waals surface area contributed by atoms with E-state index in [4.69, 9.17) is 18.9 Å². The van der Waals surface area contributed by atoms with E-state index in [1.54, 1.807) is 27.7 Å². The van der Waals surface area contributed by atoms with Crippen molar-refractivity contribution in [1.82, 2.24) is 5.32 Å². The SMILES string of the molecule is CCOC(O)(CNCC(O)(OCC)OCC)OCC. The lowest BCUT2D eigenvalue weighted by atomic mass is 10.4. The zero-order chi connectivity index (χ0) is 14.8. The summed E-state index contributed by atoms with van der Waals surface area (Å²) in [6.07, 6.45) is 0. The van der Waals surface area contributed by atoms with Gasteiger partial charge in [0.2, 0.25) is 0 Å². The standard InChI is InChI=1S/C12H27NO6/c1-5-16-11(14,17-6-2)9-13-10-12(15,18-7-3)19-8-4/h13-15H,5-10H2,1-4H3. The summed E-state index contributed by atoms with van der Waals surface area (Å²) in [6, 6.07) is 0. The summed E-state index contributed by atoms with van der Waals surface area (Å²) in [4.78, 5) is 0. The van der Waals surface area contributed by atoms with Crippen LogP contribution in [-0.2, 0) is 18.9 Å². The lowest BCUT2D eigenvalue weighted by Crippen LogP contribution is -2.52. The lowest BCUT2D eigenvalue weighted by molar-refractivity contribution is -0.366. The van der Waals surface area contributed by atoms with Crippen LogP contribution in [0.5, 0.6) is 0 Å². The molecule has 0 aromatic carbocycles. The van der Waals surface area contributed by atoms with Gasteiger partial charge in [-0.3, -0.25) is 0 Å². The fourth-order valence-corrected chi connectivity index (χ4v) is 1.57. The molecule has 0 aliphatic rings. The van der Waals surface area contributed by atoms with Crippen molar-refractivity contribution in [3.63, 3.8) is 0 Å². The molecule has 0 atom stereocenters. The van der Waals surface area contributed by atoms with Gasteiger partial charge in [0, 0.05) is 26.4 Å². The Labute approximate surface area is 114 Å². The topological polar surface area (TPSA) is 89.4 Å². The predicted octanol–water partition coefficient (Wildman–Crippen LogP) is 0.0142. The highest BCUT2D eigenvalue weighted by atomic mass is 16.8. The maximum Gasteiger partial charge on any atom is 0.293 e. The molecule has 0 aliphatic carbocycles. The second-order valence-corrected chi connectivity index (χ2v) is 3.76. The molecule has 0 fully saturated rings. The fraction of sp³-hybridized carbons (Fsp3) is 1.00. The first-order valence-corrected chi connectivity index (χ1v) is 6.66. The van der Waals surface area contributed by atoms with Crippen LogP contribution in [0.1, 0.15) is 27.7 Å². The predicted molar refractivity (Wildman–Crippen MR) is 69.3 cm³/mol. The summed E-state index contributed by atoms with van der Waals surface area (Å²) in [7, 11) is 0. The quantitative estimate of drug-likeness (QED) is 0.434. The summed E-state index contributed by atoms with van der Waals surface area (Å²) in [6.45, 7) is 8.19.